The summed E-state index contributed by atoms with van der Waals surface area (Å²) in [5, 5.41) is 10.5. The largest absolute Gasteiger partial charge is 0.293 e. The smallest absolute Gasteiger partial charge is 0.269 e. The highest BCUT2D eigenvalue weighted by molar-refractivity contribution is 6.02. The van der Waals surface area contributed by atoms with Gasteiger partial charge in [0.15, 0.2) is 5.78 Å². The van der Waals surface area contributed by atoms with Gasteiger partial charge in [0.05, 0.1) is 10.6 Å². The molecule has 1 heterocycles. The van der Waals surface area contributed by atoms with Crippen LogP contribution in [0.25, 0.3) is 0 Å². The fourth-order valence-corrected chi connectivity index (χ4v) is 1.71. The van der Waals surface area contributed by atoms with Gasteiger partial charge in [-0.3, -0.25) is 24.3 Å². The van der Waals surface area contributed by atoms with E-state index in [9.17, 15) is 19.7 Å². The van der Waals surface area contributed by atoms with Crippen LogP contribution in [0.5, 0.6) is 0 Å². The maximum absolute atomic E-state index is 12.2. The molecule has 0 aliphatic carbocycles. The first kappa shape index (κ1) is 12.7. The highest BCUT2D eigenvalue weighted by Gasteiger charge is 2.15. The summed E-state index contributed by atoms with van der Waals surface area (Å²) < 4.78 is 1.23. The normalized spacial score (nSPS) is 10.2. The Morgan fingerprint density at radius 3 is 2.32 bits per heavy atom. The lowest BCUT2D eigenvalue weighted by atomic mass is 10.2. The minimum Gasteiger partial charge on any atom is -0.293 e. The molecule has 0 N–H and O–H groups in total. The van der Waals surface area contributed by atoms with Crippen LogP contribution in [0.1, 0.15) is 27.8 Å². The first-order valence-corrected chi connectivity index (χ1v) is 5.48. The molecule has 2 aromatic rings. The number of carbonyl (C=O) groups is 2. The molecule has 0 aliphatic heterocycles. The van der Waals surface area contributed by atoms with Gasteiger partial charge in [-0.15, -0.1) is 0 Å². The van der Waals surface area contributed by atoms with E-state index >= 15 is 0 Å². The van der Waals surface area contributed by atoms with Crippen molar-refractivity contribution in [2.45, 2.75) is 6.92 Å². The standard InChI is InChI=1S/C13H10N2O4/c1-9(16)12-3-2-8-14(12)13(17)10-4-6-11(7-5-10)15(18)19/h2-8H,1H3. The predicted octanol–water partition coefficient (Wildman–Crippen LogP) is 2.29. The zero-order chi connectivity index (χ0) is 14.0. The third kappa shape index (κ3) is 2.42. The first-order valence-electron chi connectivity index (χ1n) is 5.48. The number of nitro benzene ring substituents is 1. The maximum atomic E-state index is 12.2. The van der Waals surface area contributed by atoms with Crippen molar-refractivity contribution in [3.63, 3.8) is 0 Å². The van der Waals surface area contributed by atoms with Crippen LogP contribution in [-0.2, 0) is 0 Å². The summed E-state index contributed by atoms with van der Waals surface area (Å²) in [6, 6.07) is 8.38. The van der Waals surface area contributed by atoms with E-state index in [-0.39, 0.29) is 22.7 Å². The summed E-state index contributed by atoms with van der Waals surface area (Å²) in [6.45, 7) is 1.37. The molecule has 0 unspecified atom stereocenters. The van der Waals surface area contributed by atoms with Gasteiger partial charge in [0, 0.05) is 30.8 Å². The number of hydrogen-bond donors (Lipinski definition) is 0. The van der Waals surface area contributed by atoms with Crippen LogP contribution >= 0.6 is 0 Å². The van der Waals surface area contributed by atoms with Crippen LogP contribution in [0.3, 0.4) is 0 Å². The lowest BCUT2D eigenvalue weighted by molar-refractivity contribution is -0.384. The van der Waals surface area contributed by atoms with Gasteiger partial charge in [-0.25, -0.2) is 0 Å². The average Bonchev–Trinajstić information content (AvgIpc) is 2.87. The number of benzene rings is 1. The fraction of sp³-hybridized carbons (Fsp3) is 0.0769. The third-order valence-corrected chi connectivity index (χ3v) is 2.65. The minimum atomic E-state index is -0.537. The Kier molecular flexibility index (Phi) is 3.24. The Morgan fingerprint density at radius 1 is 1.16 bits per heavy atom. The molecule has 19 heavy (non-hydrogen) atoms. The Bertz CT molecular complexity index is 656. The van der Waals surface area contributed by atoms with Crippen molar-refractivity contribution in [3.8, 4) is 0 Å². The average molecular weight is 258 g/mol. The summed E-state index contributed by atoms with van der Waals surface area (Å²) in [4.78, 5) is 33.5. The van der Waals surface area contributed by atoms with Gasteiger partial charge < -0.3 is 0 Å². The monoisotopic (exact) mass is 258 g/mol. The number of aromatic nitrogens is 1. The zero-order valence-corrected chi connectivity index (χ0v) is 10.1. The summed E-state index contributed by atoms with van der Waals surface area (Å²) in [6.07, 6.45) is 1.49. The van der Waals surface area contributed by atoms with E-state index in [1.165, 1.54) is 42.0 Å². The summed E-state index contributed by atoms with van der Waals surface area (Å²) >= 11 is 0. The molecular weight excluding hydrogens is 248 g/mol. The van der Waals surface area contributed by atoms with Crippen LogP contribution in [0.4, 0.5) is 5.69 Å². The van der Waals surface area contributed by atoms with Crippen LogP contribution in [0.2, 0.25) is 0 Å². The first-order chi connectivity index (χ1) is 9.00. The number of hydrogen-bond acceptors (Lipinski definition) is 4. The van der Waals surface area contributed by atoms with E-state index in [1.807, 2.05) is 0 Å². The van der Waals surface area contributed by atoms with Crippen molar-refractivity contribution >= 4 is 17.4 Å². The number of carbonyl (C=O) groups excluding carboxylic acids is 2. The molecule has 0 fully saturated rings. The summed E-state index contributed by atoms with van der Waals surface area (Å²) in [7, 11) is 0. The number of rotatable bonds is 3. The van der Waals surface area contributed by atoms with Gasteiger partial charge in [0.25, 0.3) is 11.6 Å². The number of non-ortho nitro benzene ring substituents is 1. The Balaban J connectivity index is 2.36. The molecule has 96 valence electrons. The van der Waals surface area contributed by atoms with E-state index in [0.717, 1.165) is 0 Å². The van der Waals surface area contributed by atoms with Gasteiger partial charge in [0.1, 0.15) is 0 Å². The van der Waals surface area contributed by atoms with Gasteiger partial charge in [0.2, 0.25) is 0 Å². The topological polar surface area (TPSA) is 82.2 Å². The summed E-state index contributed by atoms with van der Waals surface area (Å²) in [5.41, 5.74) is 0.475. The number of nitrogens with zero attached hydrogens (tertiary/aromatic N) is 2. The molecule has 6 heteroatoms. The van der Waals surface area contributed by atoms with E-state index in [1.54, 1.807) is 12.1 Å². The fourth-order valence-electron chi connectivity index (χ4n) is 1.71. The molecule has 1 aromatic carbocycles. The molecule has 0 atom stereocenters. The van der Waals surface area contributed by atoms with Gasteiger partial charge in [-0.1, -0.05) is 0 Å². The molecule has 2 rings (SSSR count). The molecule has 6 nitrogen and oxygen atoms in total. The molecule has 0 radical (unpaired) electrons. The van der Waals surface area contributed by atoms with Crippen molar-refractivity contribution in [2.24, 2.45) is 0 Å². The molecule has 1 aromatic heterocycles. The van der Waals surface area contributed by atoms with Crippen LogP contribution in [0, 0.1) is 10.1 Å². The van der Waals surface area contributed by atoms with Crippen molar-refractivity contribution < 1.29 is 14.5 Å². The quantitative estimate of drug-likeness (QED) is 0.480. The molecular formula is C13H10N2O4. The van der Waals surface area contributed by atoms with Gasteiger partial charge in [-0.2, -0.15) is 0 Å². The van der Waals surface area contributed by atoms with Crippen LogP contribution in [0.15, 0.2) is 42.6 Å². The molecule has 0 saturated heterocycles. The van der Waals surface area contributed by atoms with E-state index < -0.39 is 10.8 Å². The second-order valence-electron chi connectivity index (χ2n) is 3.93. The minimum absolute atomic E-state index is 0.0872. The lowest BCUT2D eigenvalue weighted by Crippen LogP contribution is -2.15. The maximum Gasteiger partial charge on any atom is 0.269 e. The van der Waals surface area contributed by atoms with E-state index in [0.29, 0.717) is 0 Å². The van der Waals surface area contributed by atoms with Crippen LogP contribution < -0.4 is 0 Å². The van der Waals surface area contributed by atoms with Crippen molar-refractivity contribution in [2.75, 3.05) is 0 Å². The van der Waals surface area contributed by atoms with Gasteiger partial charge >= 0.3 is 0 Å². The Hall–Kier alpha value is -2.76. The second kappa shape index (κ2) is 4.85. The van der Waals surface area contributed by atoms with Crippen LogP contribution in [-0.4, -0.2) is 21.2 Å². The Labute approximate surface area is 108 Å². The third-order valence-electron chi connectivity index (χ3n) is 2.65. The van der Waals surface area contributed by atoms with Crippen molar-refractivity contribution in [3.05, 3.63) is 64.0 Å². The molecule has 0 aliphatic rings. The molecule has 0 bridgehead atoms. The second-order valence-corrected chi connectivity index (χ2v) is 3.93. The number of nitro groups is 1. The summed E-state index contributed by atoms with van der Waals surface area (Å²) in [5.74, 6) is -0.620. The van der Waals surface area contributed by atoms with E-state index in [4.69, 9.17) is 0 Å². The SMILES string of the molecule is CC(=O)c1cccn1C(=O)c1ccc([N+](=O)[O-])cc1. The lowest BCUT2D eigenvalue weighted by Gasteiger charge is -2.05. The zero-order valence-electron chi connectivity index (χ0n) is 10.1. The van der Waals surface area contributed by atoms with Gasteiger partial charge in [-0.05, 0) is 24.3 Å². The highest BCUT2D eigenvalue weighted by Crippen LogP contribution is 2.14. The number of Topliss-reactive ketones (excluding diaryl/α,β-unsaturated/α-hetero) is 1. The molecule has 0 amide bonds. The predicted molar refractivity (Wildman–Crippen MR) is 67.3 cm³/mol. The number of ketones is 1. The molecule has 0 spiro atoms. The Morgan fingerprint density at radius 2 is 1.79 bits per heavy atom. The van der Waals surface area contributed by atoms with Crippen molar-refractivity contribution in [1.29, 1.82) is 0 Å². The van der Waals surface area contributed by atoms with Crippen molar-refractivity contribution in [1.82, 2.24) is 4.57 Å². The molecule has 0 saturated carbocycles. The highest BCUT2D eigenvalue weighted by atomic mass is 16.6. The van der Waals surface area contributed by atoms with E-state index in [2.05, 4.69) is 0 Å².